The molecule has 1 saturated heterocycles. The first-order chi connectivity index (χ1) is 24.8. The molecule has 9 nitrogen and oxygen atoms in total. The Morgan fingerprint density at radius 3 is 2.33 bits per heavy atom. The zero-order chi connectivity index (χ0) is 35.7. The highest BCUT2D eigenvalue weighted by Gasteiger charge is 2.36. The number of hydrogen-bond acceptors (Lipinski definition) is 9. The second kappa shape index (κ2) is 17.1. The maximum atomic E-state index is 13.1. The lowest BCUT2D eigenvalue weighted by Crippen LogP contribution is -2.43. The Hall–Kier alpha value is -4.57. The van der Waals surface area contributed by atoms with Gasteiger partial charge < -0.3 is 35.2 Å². The molecule has 2 aliphatic rings. The normalized spacial score (nSPS) is 20.7. The first-order valence-electron chi connectivity index (χ1n) is 18.2. The van der Waals surface area contributed by atoms with Gasteiger partial charge in [-0.25, -0.2) is 0 Å². The van der Waals surface area contributed by atoms with Gasteiger partial charge in [0.05, 0.1) is 6.10 Å². The second-order valence-corrected chi connectivity index (χ2v) is 14.1. The molecule has 4 aromatic rings. The molecule has 270 valence electrons. The number of ether oxygens (including phenoxy) is 2. The Labute approximate surface area is 300 Å². The number of aromatic hydroxyl groups is 3. The van der Waals surface area contributed by atoms with E-state index in [1.165, 1.54) is 17.2 Å². The highest BCUT2D eigenvalue weighted by Crippen LogP contribution is 2.50. The number of aliphatic hydroxyl groups excluding tert-OH is 1. The third-order valence-electron chi connectivity index (χ3n) is 10.4. The quantitative estimate of drug-likeness (QED) is 0.0643. The van der Waals surface area contributed by atoms with Gasteiger partial charge in [0.2, 0.25) is 5.75 Å². The second-order valence-electron chi connectivity index (χ2n) is 14.1. The fourth-order valence-electron chi connectivity index (χ4n) is 7.91. The number of fused-ring (bicyclic) bond motifs is 1. The summed E-state index contributed by atoms with van der Waals surface area (Å²) in [4.78, 5) is 13.1. The van der Waals surface area contributed by atoms with Crippen molar-refractivity contribution in [2.24, 2.45) is 11.7 Å². The average Bonchev–Trinajstić information content (AvgIpc) is 3.13. The summed E-state index contributed by atoms with van der Waals surface area (Å²) in [5.74, 6) is 0.0360. The number of carbonyl (C=O) groups excluding carboxylic acids is 1. The molecular formula is C42H50N2O7. The molecule has 51 heavy (non-hydrogen) atoms. The van der Waals surface area contributed by atoms with E-state index in [2.05, 4.69) is 29.6 Å². The first-order valence-corrected chi connectivity index (χ1v) is 18.2. The third-order valence-corrected chi connectivity index (χ3v) is 10.4. The van der Waals surface area contributed by atoms with Crippen LogP contribution in [0.3, 0.4) is 0 Å². The van der Waals surface area contributed by atoms with E-state index in [-0.39, 0.29) is 72.3 Å². The van der Waals surface area contributed by atoms with Crippen LogP contribution in [0.15, 0.2) is 84.9 Å². The van der Waals surface area contributed by atoms with E-state index in [1.807, 2.05) is 36.4 Å². The highest BCUT2D eigenvalue weighted by molar-refractivity contribution is 5.79. The van der Waals surface area contributed by atoms with Crippen molar-refractivity contribution >= 4 is 5.78 Å². The van der Waals surface area contributed by atoms with Gasteiger partial charge in [-0.05, 0) is 110 Å². The summed E-state index contributed by atoms with van der Waals surface area (Å²) in [6, 6.07) is 27.4. The number of rotatable bonds is 15. The lowest BCUT2D eigenvalue weighted by molar-refractivity contribution is -0.121. The maximum absolute atomic E-state index is 13.1. The SMILES string of the molecule is NCOc1cc(CCC(=O)C[C@H](O)C[C@H]2c3cc(O)c(O)c(O[C@H]4CCN[C@H](Cc5ccccc5)C4)c3CC[C@@H]2Cc2ccccc2)ccc1O. The molecule has 1 aliphatic heterocycles. The number of nitrogens with two attached hydrogens (primary N) is 1. The number of Topliss-reactive ketones (excluding diaryl/α,β-unsaturated/α-hetero) is 1. The summed E-state index contributed by atoms with van der Waals surface area (Å²) in [7, 11) is 0. The van der Waals surface area contributed by atoms with Crippen molar-refractivity contribution in [3.63, 3.8) is 0 Å². The summed E-state index contributed by atoms with van der Waals surface area (Å²) >= 11 is 0. The molecule has 9 heteroatoms. The van der Waals surface area contributed by atoms with Crippen molar-refractivity contribution in [2.45, 2.75) is 88.4 Å². The molecule has 0 unspecified atom stereocenters. The molecule has 0 aromatic heterocycles. The first kappa shape index (κ1) is 36.2. The summed E-state index contributed by atoms with van der Waals surface area (Å²) in [6.45, 7) is 0.720. The number of hydrogen-bond donors (Lipinski definition) is 6. The van der Waals surface area contributed by atoms with E-state index in [0.717, 1.165) is 55.3 Å². The predicted octanol–water partition coefficient (Wildman–Crippen LogP) is 6.07. The van der Waals surface area contributed by atoms with Crippen LogP contribution >= 0.6 is 0 Å². The number of aryl methyl sites for hydroxylation is 1. The minimum Gasteiger partial charge on any atom is -0.504 e. The van der Waals surface area contributed by atoms with Crippen LogP contribution in [0.25, 0.3) is 0 Å². The van der Waals surface area contributed by atoms with Gasteiger partial charge in [0.15, 0.2) is 23.0 Å². The Bertz CT molecular complexity index is 1750. The number of nitrogens with one attached hydrogen (secondary N) is 1. The van der Waals surface area contributed by atoms with Crippen molar-refractivity contribution in [3.8, 4) is 28.7 Å². The molecule has 5 atom stereocenters. The standard InChI is InChI=1S/C42H50N2O7/c43-26-50-40-21-29(12-16-38(40)47)11-14-32(45)23-33(46)24-36-30(19-27-7-3-1-4-8-27)13-15-35-37(36)25-39(48)41(49)42(35)51-34-17-18-44-31(22-34)20-28-9-5-2-6-10-28/h1-10,12,16,21,25,30-31,33-34,36,44,46-49H,11,13-15,17-20,22-24,26,43H2/t30-,31-,33+,34+,36-/m1/s1. The monoisotopic (exact) mass is 694 g/mol. The molecule has 0 radical (unpaired) electrons. The van der Waals surface area contributed by atoms with Crippen LogP contribution in [0, 0.1) is 5.92 Å². The average molecular weight is 695 g/mol. The number of aliphatic hydroxyl groups is 1. The molecular weight excluding hydrogens is 644 g/mol. The van der Waals surface area contributed by atoms with E-state index < -0.39 is 6.10 Å². The van der Waals surface area contributed by atoms with Crippen molar-refractivity contribution < 1.29 is 34.7 Å². The Balaban J connectivity index is 1.18. The molecule has 0 spiro atoms. The Morgan fingerprint density at radius 1 is 0.882 bits per heavy atom. The van der Waals surface area contributed by atoms with Crippen LogP contribution in [0.2, 0.25) is 0 Å². The topological polar surface area (TPSA) is 154 Å². The largest absolute Gasteiger partial charge is 0.504 e. The zero-order valence-electron chi connectivity index (χ0n) is 29.0. The summed E-state index contributed by atoms with van der Waals surface area (Å²) in [6.07, 6.45) is 4.66. The van der Waals surface area contributed by atoms with Crippen LogP contribution in [0.4, 0.5) is 0 Å². The van der Waals surface area contributed by atoms with E-state index >= 15 is 0 Å². The van der Waals surface area contributed by atoms with Crippen molar-refractivity contribution in [3.05, 3.63) is 113 Å². The van der Waals surface area contributed by atoms with Crippen LogP contribution < -0.4 is 20.5 Å². The molecule has 0 bridgehead atoms. The number of ketones is 1. The molecule has 1 fully saturated rings. The molecule has 1 heterocycles. The molecule has 4 aromatic carbocycles. The van der Waals surface area contributed by atoms with Gasteiger partial charge in [-0.3, -0.25) is 10.5 Å². The van der Waals surface area contributed by atoms with Crippen molar-refractivity contribution in [1.82, 2.24) is 5.32 Å². The molecule has 1 aliphatic carbocycles. The minimum absolute atomic E-state index is 0.000565. The fraction of sp³-hybridized carbons (Fsp3) is 0.405. The number of phenols is 3. The lowest BCUT2D eigenvalue weighted by Gasteiger charge is -2.37. The van der Waals surface area contributed by atoms with Gasteiger partial charge in [0, 0.05) is 24.4 Å². The number of piperidine rings is 1. The van der Waals surface area contributed by atoms with Crippen LogP contribution in [-0.2, 0) is 30.5 Å². The van der Waals surface area contributed by atoms with Gasteiger partial charge in [-0.15, -0.1) is 0 Å². The van der Waals surface area contributed by atoms with Gasteiger partial charge in [-0.2, -0.15) is 0 Å². The summed E-state index contributed by atoms with van der Waals surface area (Å²) < 4.78 is 11.9. The van der Waals surface area contributed by atoms with E-state index in [4.69, 9.17) is 15.2 Å². The third kappa shape index (κ3) is 9.41. The predicted molar refractivity (Wildman–Crippen MR) is 196 cm³/mol. The van der Waals surface area contributed by atoms with Crippen LogP contribution in [-0.4, -0.2) is 57.7 Å². The molecule has 0 amide bonds. The number of benzene rings is 4. The maximum Gasteiger partial charge on any atom is 0.200 e. The number of phenolic OH excluding ortho intramolecular Hbond substituents is 3. The molecule has 7 N–H and O–H groups in total. The minimum atomic E-state index is -0.897. The van der Waals surface area contributed by atoms with Crippen molar-refractivity contribution in [1.29, 1.82) is 0 Å². The Morgan fingerprint density at radius 2 is 1.61 bits per heavy atom. The smallest absolute Gasteiger partial charge is 0.200 e. The van der Waals surface area contributed by atoms with E-state index in [0.29, 0.717) is 25.0 Å². The van der Waals surface area contributed by atoms with Crippen LogP contribution in [0.5, 0.6) is 28.7 Å². The summed E-state index contributed by atoms with van der Waals surface area (Å²) in [5, 5.41) is 47.2. The van der Waals surface area contributed by atoms with Gasteiger partial charge in [0.1, 0.15) is 18.6 Å². The van der Waals surface area contributed by atoms with E-state index in [1.54, 1.807) is 18.2 Å². The highest BCUT2D eigenvalue weighted by atomic mass is 16.5. The van der Waals surface area contributed by atoms with Crippen LogP contribution in [0.1, 0.15) is 72.3 Å². The fourth-order valence-corrected chi connectivity index (χ4v) is 7.91. The number of carbonyl (C=O) groups is 1. The zero-order valence-corrected chi connectivity index (χ0v) is 29.0. The molecule has 6 rings (SSSR count). The van der Waals surface area contributed by atoms with Gasteiger partial charge in [-0.1, -0.05) is 66.7 Å². The van der Waals surface area contributed by atoms with Gasteiger partial charge >= 0.3 is 0 Å². The van der Waals surface area contributed by atoms with Crippen molar-refractivity contribution in [2.75, 3.05) is 13.3 Å². The van der Waals surface area contributed by atoms with E-state index in [9.17, 15) is 25.2 Å². The van der Waals surface area contributed by atoms with Gasteiger partial charge in [0.25, 0.3) is 0 Å². The Kier molecular flexibility index (Phi) is 12.1. The lowest BCUT2D eigenvalue weighted by atomic mass is 9.70. The summed E-state index contributed by atoms with van der Waals surface area (Å²) in [5.41, 5.74) is 10.5. The molecule has 0 saturated carbocycles.